The highest BCUT2D eigenvalue weighted by Gasteiger charge is 2.23. The number of phenolic OH excluding ortho intramolecular Hbond substituents is 1. The number of carbonyl (C=O) groups excluding carboxylic acids is 1. The van der Waals surface area contributed by atoms with Crippen molar-refractivity contribution in [1.82, 2.24) is 24.6 Å². The van der Waals surface area contributed by atoms with Gasteiger partial charge in [-0.2, -0.15) is 0 Å². The second kappa shape index (κ2) is 9.88. The Morgan fingerprint density at radius 3 is 1.94 bits per heavy atom. The van der Waals surface area contributed by atoms with E-state index in [4.69, 9.17) is 0 Å². The largest absolute Gasteiger partial charge is 0.507 e. The zero-order valence-electron chi connectivity index (χ0n) is 20.3. The zero-order valence-corrected chi connectivity index (χ0v) is 20.3. The lowest BCUT2D eigenvalue weighted by atomic mass is 9.96. The summed E-state index contributed by atoms with van der Waals surface area (Å²) in [4.78, 5) is 26.3. The third-order valence-electron chi connectivity index (χ3n) is 7.34. The molecule has 0 aliphatic carbocycles. The lowest BCUT2D eigenvalue weighted by molar-refractivity contribution is 0.103. The Kier molecular flexibility index (Phi) is 6.70. The van der Waals surface area contributed by atoms with Gasteiger partial charge in [-0.3, -0.25) is 14.6 Å². The van der Waals surface area contributed by atoms with E-state index in [9.17, 15) is 9.90 Å². The second-order valence-corrected chi connectivity index (χ2v) is 9.88. The van der Waals surface area contributed by atoms with Crippen LogP contribution >= 0.6 is 0 Å². The minimum absolute atomic E-state index is 0.00305. The molecule has 0 saturated carbocycles. The van der Waals surface area contributed by atoms with Gasteiger partial charge < -0.3 is 19.9 Å². The van der Waals surface area contributed by atoms with E-state index in [2.05, 4.69) is 38.7 Å². The molecule has 2 aliphatic rings. The van der Waals surface area contributed by atoms with Gasteiger partial charge in [0, 0.05) is 105 Å². The molecule has 2 saturated heterocycles. The molecule has 0 amide bonds. The van der Waals surface area contributed by atoms with E-state index in [-0.39, 0.29) is 5.78 Å². The van der Waals surface area contributed by atoms with Gasteiger partial charge in [0.15, 0.2) is 5.78 Å². The number of nitrogens with zero attached hydrogens (tertiary/aromatic N) is 4. The summed E-state index contributed by atoms with van der Waals surface area (Å²) in [5.74, 6) is 0.338. The van der Waals surface area contributed by atoms with Crippen LogP contribution < -0.4 is 0 Å². The molecule has 0 radical (unpaired) electrons. The Balaban J connectivity index is 1.47. The van der Waals surface area contributed by atoms with Gasteiger partial charge in [0.05, 0.1) is 0 Å². The number of phenols is 1. The van der Waals surface area contributed by atoms with Crippen molar-refractivity contribution in [3.8, 4) is 5.75 Å². The van der Waals surface area contributed by atoms with Gasteiger partial charge in [0.25, 0.3) is 0 Å². The van der Waals surface area contributed by atoms with Crippen molar-refractivity contribution >= 4 is 16.7 Å². The quantitative estimate of drug-likeness (QED) is 0.550. The normalized spacial score (nSPS) is 19.1. The molecule has 2 aromatic carbocycles. The Morgan fingerprint density at radius 2 is 1.38 bits per heavy atom. The summed E-state index contributed by atoms with van der Waals surface area (Å²) in [6, 6.07) is 11.7. The molecular weight excluding hydrogens is 426 g/mol. The molecule has 2 fully saturated rings. The molecule has 3 aromatic rings. The minimum Gasteiger partial charge on any atom is -0.507 e. The molecule has 7 nitrogen and oxygen atoms in total. The average Bonchev–Trinajstić information content (AvgIpc) is 3.28. The number of para-hydroxylation sites is 1. The van der Waals surface area contributed by atoms with Gasteiger partial charge in [-0.1, -0.05) is 18.2 Å². The second-order valence-electron chi connectivity index (χ2n) is 9.88. The average molecular weight is 462 g/mol. The summed E-state index contributed by atoms with van der Waals surface area (Å²) in [6.07, 6.45) is 1.81. The summed E-state index contributed by atoms with van der Waals surface area (Å²) >= 11 is 0. The summed E-state index contributed by atoms with van der Waals surface area (Å²) in [7, 11) is 4.28. The van der Waals surface area contributed by atoms with Crippen LogP contribution in [0.5, 0.6) is 5.75 Å². The van der Waals surface area contributed by atoms with Crippen LogP contribution in [0.15, 0.2) is 42.6 Å². The maximum Gasteiger partial charge on any atom is 0.195 e. The van der Waals surface area contributed by atoms with E-state index < -0.39 is 0 Å². The summed E-state index contributed by atoms with van der Waals surface area (Å²) in [6.45, 7) is 9.23. The fourth-order valence-electron chi connectivity index (χ4n) is 5.04. The lowest BCUT2D eigenvalue weighted by Crippen LogP contribution is -2.44. The molecule has 7 heteroatoms. The Hall–Kier alpha value is -2.71. The van der Waals surface area contributed by atoms with Crippen molar-refractivity contribution in [2.24, 2.45) is 0 Å². The van der Waals surface area contributed by atoms with E-state index in [1.165, 1.54) is 0 Å². The number of likely N-dealkylation sites (N-methyl/N-ethyl adjacent to an activating group) is 2. The van der Waals surface area contributed by atoms with Gasteiger partial charge in [-0.25, -0.2) is 0 Å². The Morgan fingerprint density at radius 1 is 0.853 bits per heavy atom. The molecule has 3 heterocycles. The van der Waals surface area contributed by atoms with Crippen LogP contribution in [-0.2, 0) is 13.1 Å². The number of nitrogens with one attached hydrogen (secondary N) is 1. The number of fused-ring (bicyclic) bond motifs is 1. The van der Waals surface area contributed by atoms with Crippen molar-refractivity contribution in [2.75, 3.05) is 66.5 Å². The first-order chi connectivity index (χ1) is 16.5. The number of ketones is 1. The highest BCUT2D eigenvalue weighted by atomic mass is 16.3. The topological polar surface area (TPSA) is 66.1 Å². The molecule has 1 aromatic heterocycles. The monoisotopic (exact) mass is 461 g/mol. The number of aromatic nitrogens is 1. The van der Waals surface area contributed by atoms with Crippen molar-refractivity contribution in [1.29, 1.82) is 0 Å². The standard InChI is InChI=1S/C27H35N5O2/c1-29-7-11-31(12-8-29)18-21-15-20(27(34)24-17-28-25-6-4-3-5-23(24)25)16-22(26(21)33)19-32-13-9-30(2)10-14-32/h3-6,15-17,28,33H,7-14,18-19H2,1-2H3. The van der Waals surface area contributed by atoms with E-state index in [1.54, 1.807) is 6.20 Å². The molecule has 0 unspecified atom stereocenters. The number of benzene rings is 2. The Bertz CT molecular complexity index is 1110. The molecular formula is C27H35N5O2. The number of H-pyrrole nitrogens is 1. The maximum absolute atomic E-state index is 13.7. The number of aromatic amines is 1. The minimum atomic E-state index is -0.00305. The molecule has 2 aliphatic heterocycles. The maximum atomic E-state index is 13.7. The van der Waals surface area contributed by atoms with E-state index >= 15 is 0 Å². The van der Waals surface area contributed by atoms with Crippen LogP contribution in [0.4, 0.5) is 0 Å². The van der Waals surface area contributed by atoms with Crippen molar-refractivity contribution in [2.45, 2.75) is 13.1 Å². The number of hydrogen-bond acceptors (Lipinski definition) is 6. The van der Waals surface area contributed by atoms with E-state index in [1.807, 2.05) is 36.4 Å². The summed E-state index contributed by atoms with van der Waals surface area (Å²) in [5, 5.41) is 12.2. The molecule has 180 valence electrons. The molecule has 2 N–H and O–H groups in total. The van der Waals surface area contributed by atoms with Crippen LogP contribution in [0.3, 0.4) is 0 Å². The first-order valence-corrected chi connectivity index (χ1v) is 12.3. The van der Waals surface area contributed by atoms with Gasteiger partial charge >= 0.3 is 0 Å². The molecule has 0 bridgehead atoms. The fraction of sp³-hybridized carbons (Fsp3) is 0.444. The van der Waals surface area contributed by atoms with Crippen LogP contribution in [0.1, 0.15) is 27.0 Å². The highest BCUT2D eigenvalue weighted by Crippen LogP contribution is 2.30. The molecule has 34 heavy (non-hydrogen) atoms. The first kappa shape index (κ1) is 23.1. The third-order valence-corrected chi connectivity index (χ3v) is 7.34. The van der Waals surface area contributed by atoms with Crippen molar-refractivity contribution in [3.05, 3.63) is 64.8 Å². The van der Waals surface area contributed by atoms with E-state index in [0.29, 0.717) is 30.0 Å². The number of rotatable bonds is 6. The van der Waals surface area contributed by atoms with Crippen LogP contribution in [0.25, 0.3) is 10.9 Å². The van der Waals surface area contributed by atoms with E-state index in [0.717, 1.165) is 74.4 Å². The predicted octanol–water partition coefficient (Wildman–Crippen LogP) is 2.60. The lowest BCUT2D eigenvalue weighted by Gasteiger charge is -2.34. The van der Waals surface area contributed by atoms with Gasteiger partial charge in [0.2, 0.25) is 0 Å². The predicted molar refractivity (Wildman–Crippen MR) is 135 cm³/mol. The highest BCUT2D eigenvalue weighted by molar-refractivity contribution is 6.16. The van der Waals surface area contributed by atoms with Crippen molar-refractivity contribution < 1.29 is 9.90 Å². The zero-order chi connectivity index (χ0) is 23.7. The number of carbonyl (C=O) groups is 1. The van der Waals surface area contributed by atoms with Crippen LogP contribution in [0, 0.1) is 0 Å². The Labute approximate surface area is 201 Å². The third kappa shape index (κ3) is 4.88. The van der Waals surface area contributed by atoms with Crippen LogP contribution in [0.2, 0.25) is 0 Å². The van der Waals surface area contributed by atoms with Gasteiger partial charge in [-0.15, -0.1) is 0 Å². The number of piperazine rings is 2. The number of aromatic hydroxyl groups is 1. The summed E-state index contributed by atoms with van der Waals surface area (Å²) in [5.41, 5.74) is 3.98. The van der Waals surface area contributed by atoms with Crippen molar-refractivity contribution in [3.63, 3.8) is 0 Å². The summed E-state index contributed by atoms with van der Waals surface area (Å²) < 4.78 is 0. The van der Waals surface area contributed by atoms with Gasteiger partial charge in [0.1, 0.15) is 5.75 Å². The molecule has 5 rings (SSSR count). The fourth-order valence-corrected chi connectivity index (χ4v) is 5.04. The molecule has 0 atom stereocenters. The first-order valence-electron chi connectivity index (χ1n) is 12.3. The van der Waals surface area contributed by atoms with Gasteiger partial charge in [-0.05, 0) is 32.3 Å². The van der Waals surface area contributed by atoms with Crippen LogP contribution in [-0.4, -0.2) is 102 Å². The number of hydrogen-bond donors (Lipinski definition) is 2. The molecule has 0 spiro atoms. The smallest absolute Gasteiger partial charge is 0.195 e. The SMILES string of the molecule is CN1CCN(Cc2cc(C(=O)c3c[nH]c4ccccc34)cc(CN3CCN(C)CC3)c2O)CC1.